The second-order valence-electron chi connectivity index (χ2n) is 5.00. The van der Waals surface area contributed by atoms with Gasteiger partial charge in [-0.1, -0.05) is 30.3 Å². The number of carbonyl (C=O) groups is 1. The summed E-state index contributed by atoms with van der Waals surface area (Å²) in [6.07, 6.45) is 0.569. The highest BCUT2D eigenvalue weighted by molar-refractivity contribution is 7.57. The number of benzene rings is 1. The van der Waals surface area contributed by atoms with Gasteiger partial charge in [0.2, 0.25) is 7.37 Å². The third kappa shape index (κ3) is 5.55. The molecule has 19 heavy (non-hydrogen) atoms. The van der Waals surface area contributed by atoms with Crippen LogP contribution in [0.3, 0.4) is 0 Å². The van der Waals surface area contributed by atoms with Gasteiger partial charge in [-0.25, -0.2) is 0 Å². The van der Waals surface area contributed by atoms with Gasteiger partial charge in [0.15, 0.2) is 0 Å². The van der Waals surface area contributed by atoms with Crippen LogP contribution in [0.25, 0.3) is 0 Å². The van der Waals surface area contributed by atoms with Crippen LogP contribution in [0.15, 0.2) is 30.3 Å². The Kier molecular flexibility index (Phi) is 5.29. The fourth-order valence-electron chi connectivity index (χ4n) is 1.57. The van der Waals surface area contributed by atoms with Crippen molar-refractivity contribution in [3.05, 3.63) is 35.9 Å². The van der Waals surface area contributed by atoms with Crippen molar-refractivity contribution < 1.29 is 19.4 Å². The van der Waals surface area contributed by atoms with Gasteiger partial charge in [0.1, 0.15) is 5.54 Å². The Balaban J connectivity index is 2.49. The van der Waals surface area contributed by atoms with Gasteiger partial charge in [0.05, 0.1) is 0 Å². The topological polar surface area (TPSA) is 101 Å². The quantitative estimate of drug-likeness (QED) is 0.662. The van der Waals surface area contributed by atoms with Crippen molar-refractivity contribution in [3.63, 3.8) is 0 Å². The molecule has 1 aromatic carbocycles. The lowest BCUT2D eigenvalue weighted by Crippen LogP contribution is -2.45. The third-order valence-electron chi connectivity index (χ3n) is 3.06. The number of hydrogen-bond donors (Lipinski definition) is 3. The number of nitrogens with two attached hydrogens (primary N) is 1. The van der Waals surface area contributed by atoms with Crippen LogP contribution in [0.5, 0.6) is 0 Å². The Hall–Kier alpha value is -1.16. The van der Waals surface area contributed by atoms with Crippen molar-refractivity contribution >= 4 is 13.3 Å². The van der Waals surface area contributed by atoms with Crippen LogP contribution in [0.1, 0.15) is 18.9 Å². The molecule has 0 saturated heterocycles. The predicted molar refractivity (Wildman–Crippen MR) is 74.6 cm³/mol. The number of aryl methyl sites for hydroxylation is 1. The van der Waals surface area contributed by atoms with Crippen molar-refractivity contribution in [1.29, 1.82) is 0 Å². The van der Waals surface area contributed by atoms with E-state index in [0.717, 1.165) is 5.56 Å². The van der Waals surface area contributed by atoms with Gasteiger partial charge in [-0.3, -0.25) is 9.36 Å². The van der Waals surface area contributed by atoms with Gasteiger partial charge in [-0.05, 0) is 25.3 Å². The van der Waals surface area contributed by atoms with Crippen molar-refractivity contribution in [2.45, 2.75) is 25.3 Å². The molecule has 0 amide bonds. The van der Waals surface area contributed by atoms with E-state index in [1.165, 1.54) is 6.92 Å². The lowest BCUT2D eigenvalue weighted by molar-refractivity contribution is -0.142. The molecule has 5 nitrogen and oxygen atoms in total. The molecule has 0 fully saturated rings. The third-order valence-corrected chi connectivity index (χ3v) is 4.91. The molecule has 0 heterocycles. The van der Waals surface area contributed by atoms with Crippen molar-refractivity contribution in [2.75, 3.05) is 12.3 Å². The molecule has 0 aliphatic carbocycles. The standard InChI is InChI=1S/C13H20NO4P/c1-13(14,12(15)16)8-10-19(17,18)9-7-11-5-3-2-4-6-11/h2-6H,7-10,14H2,1H3,(H,15,16)(H,17,18). The van der Waals surface area contributed by atoms with E-state index in [1.807, 2.05) is 30.3 Å². The van der Waals surface area contributed by atoms with E-state index in [9.17, 15) is 14.3 Å². The minimum absolute atomic E-state index is 0.00903. The first kappa shape index (κ1) is 15.9. The number of carboxylic acids is 1. The van der Waals surface area contributed by atoms with E-state index in [1.54, 1.807) is 0 Å². The van der Waals surface area contributed by atoms with Gasteiger partial charge in [-0.15, -0.1) is 0 Å². The molecule has 106 valence electrons. The molecule has 2 unspecified atom stereocenters. The summed E-state index contributed by atoms with van der Waals surface area (Å²) in [5, 5.41) is 8.85. The first-order valence-corrected chi connectivity index (χ1v) is 8.13. The van der Waals surface area contributed by atoms with E-state index in [2.05, 4.69) is 0 Å². The highest BCUT2D eigenvalue weighted by Gasteiger charge is 2.31. The lowest BCUT2D eigenvalue weighted by atomic mass is 10.0. The number of aliphatic carboxylic acids is 1. The monoisotopic (exact) mass is 285 g/mol. The van der Waals surface area contributed by atoms with Gasteiger partial charge in [0, 0.05) is 12.3 Å². The molecular formula is C13H20NO4P. The second-order valence-corrected chi connectivity index (χ2v) is 7.59. The highest BCUT2D eigenvalue weighted by atomic mass is 31.2. The van der Waals surface area contributed by atoms with Gasteiger partial charge >= 0.3 is 5.97 Å². The predicted octanol–water partition coefficient (Wildman–Crippen LogP) is 1.69. The largest absolute Gasteiger partial charge is 0.480 e. The van der Waals surface area contributed by atoms with E-state index in [-0.39, 0.29) is 18.7 Å². The van der Waals surface area contributed by atoms with Crippen LogP contribution in [-0.4, -0.2) is 33.8 Å². The molecular weight excluding hydrogens is 265 g/mol. The molecule has 0 aromatic heterocycles. The van der Waals surface area contributed by atoms with Crippen molar-refractivity contribution in [3.8, 4) is 0 Å². The van der Waals surface area contributed by atoms with Crippen LogP contribution >= 0.6 is 7.37 Å². The average Bonchev–Trinajstić information content (AvgIpc) is 2.36. The molecule has 0 bridgehead atoms. The zero-order chi connectivity index (χ0) is 14.5. The maximum Gasteiger partial charge on any atom is 0.323 e. The summed E-state index contributed by atoms with van der Waals surface area (Å²) >= 11 is 0. The van der Waals surface area contributed by atoms with Crippen LogP contribution < -0.4 is 5.73 Å². The fourth-order valence-corrected chi connectivity index (χ4v) is 3.22. The first-order chi connectivity index (χ1) is 8.73. The minimum atomic E-state index is -3.34. The van der Waals surface area contributed by atoms with Crippen molar-refractivity contribution in [1.82, 2.24) is 0 Å². The number of carboxylic acid groups (broad SMARTS) is 1. The van der Waals surface area contributed by atoms with Crippen LogP contribution in [0, 0.1) is 0 Å². The molecule has 2 atom stereocenters. The molecule has 0 radical (unpaired) electrons. The Morgan fingerprint density at radius 3 is 2.42 bits per heavy atom. The summed E-state index contributed by atoms with van der Waals surface area (Å²) in [6, 6.07) is 9.42. The lowest BCUT2D eigenvalue weighted by Gasteiger charge is -2.21. The molecule has 0 aliphatic heterocycles. The first-order valence-electron chi connectivity index (χ1n) is 6.10. The molecule has 1 rings (SSSR count). The maximum atomic E-state index is 12.0. The number of rotatable bonds is 7. The SMILES string of the molecule is CC(N)(CCP(=O)(O)CCc1ccccc1)C(=O)O. The molecule has 0 spiro atoms. The second kappa shape index (κ2) is 6.33. The van der Waals surface area contributed by atoms with E-state index < -0.39 is 18.9 Å². The van der Waals surface area contributed by atoms with Gasteiger partial charge in [-0.2, -0.15) is 0 Å². The summed E-state index contributed by atoms with van der Waals surface area (Å²) < 4.78 is 12.0. The van der Waals surface area contributed by atoms with Crippen LogP contribution in [0.2, 0.25) is 0 Å². The Labute approximate surface area is 112 Å². The zero-order valence-corrected chi connectivity index (χ0v) is 11.8. The Morgan fingerprint density at radius 2 is 1.89 bits per heavy atom. The van der Waals surface area contributed by atoms with E-state index in [4.69, 9.17) is 10.8 Å². The Bertz CT molecular complexity index is 473. The van der Waals surface area contributed by atoms with E-state index >= 15 is 0 Å². The molecule has 1 aromatic rings. The van der Waals surface area contributed by atoms with E-state index in [0.29, 0.717) is 6.42 Å². The summed E-state index contributed by atoms with van der Waals surface area (Å²) in [7, 11) is -3.34. The van der Waals surface area contributed by atoms with Crippen LogP contribution in [-0.2, 0) is 15.8 Å². The average molecular weight is 285 g/mol. The summed E-state index contributed by atoms with van der Waals surface area (Å²) in [5.41, 5.74) is 5.08. The van der Waals surface area contributed by atoms with Crippen LogP contribution in [0.4, 0.5) is 0 Å². The maximum absolute atomic E-state index is 12.0. The summed E-state index contributed by atoms with van der Waals surface area (Å²) in [5.74, 6) is -1.16. The fraction of sp³-hybridized carbons (Fsp3) is 0.462. The zero-order valence-electron chi connectivity index (χ0n) is 11.0. The summed E-state index contributed by atoms with van der Waals surface area (Å²) in [4.78, 5) is 20.6. The molecule has 6 heteroatoms. The Morgan fingerprint density at radius 1 is 1.32 bits per heavy atom. The minimum Gasteiger partial charge on any atom is -0.480 e. The molecule has 0 saturated carbocycles. The summed E-state index contributed by atoms with van der Waals surface area (Å²) in [6.45, 7) is 1.35. The normalized spacial score (nSPS) is 17.4. The molecule has 4 N–H and O–H groups in total. The molecule has 0 aliphatic rings. The van der Waals surface area contributed by atoms with Crippen molar-refractivity contribution in [2.24, 2.45) is 5.73 Å². The van der Waals surface area contributed by atoms with Gasteiger partial charge < -0.3 is 15.7 Å². The van der Waals surface area contributed by atoms with Gasteiger partial charge in [0.25, 0.3) is 0 Å². The highest BCUT2D eigenvalue weighted by Crippen LogP contribution is 2.42. The number of hydrogen-bond acceptors (Lipinski definition) is 3. The smallest absolute Gasteiger partial charge is 0.323 e.